The maximum atomic E-state index is 14.9. The summed E-state index contributed by atoms with van der Waals surface area (Å²) in [5.74, 6) is -1.57. The predicted molar refractivity (Wildman–Crippen MR) is 84.6 cm³/mol. The van der Waals surface area contributed by atoms with Crippen LogP contribution in [0.3, 0.4) is 0 Å². The van der Waals surface area contributed by atoms with Gasteiger partial charge < -0.3 is 9.47 Å². The summed E-state index contributed by atoms with van der Waals surface area (Å²) < 4.78 is 41.5. The van der Waals surface area contributed by atoms with Crippen LogP contribution in [-0.4, -0.2) is 23.0 Å². The number of nitrogens with zero attached hydrogens (tertiary/aromatic N) is 2. The molecule has 3 rings (SSSR count). The normalized spacial score (nSPS) is 18.3. The van der Waals surface area contributed by atoms with E-state index in [0.29, 0.717) is 13.2 Å². The van der Waals surface area contributed by atoms with Gasteiger partial charge in [0.25, 0.3) is 0 Å². The summed E-state index contributed by atoms with van der Waals surface area (Å²) >= 11 is 8.88. The van der Waals surface area contributed by atoms with Crippen LogP contribution in [0.15, 0.2) is 22.9 Å². The van der Waals surface area contributed by atoms with E-state index in [4.69, 9.17) is 21.1 Å². The van der Waals surface area contributed by atoms with E-state index in [1.165, 1.54) is 18.5 Å². The molecule has 0 unspecified atom stereocenters. The van der Waals surface area contributed by atoms with Gasteiger partial charge in [-0.2, -0.15) is 5.10 Å². The second-order valence-electron chi connectivity index (χ2n) is 6.15. The number of ether oxygens (including phenoxy) is 2. The maximum absolute atomic E-state index is 14.9. The molecule has 1 fully saturated rings. The van der Waals surface area contributed by atoms with E-state index in [1.807, 2.05) is 13.8 Å². The summed E-state index contributed by atoms with van der Waals surface area (Å²) in [6.45, 7) is 4.79. The van der Waals surface area contributed by atoms with E-state index in [2.05, 4.69) is 21.0 Å². The number of rotatable bonds is 2. The third kappa shape index (κ3) is 3.28. The minimum Gasteiger partial charge on any atom is -0.348 e. The number of benzene rings is 1. The van der Waals surface area contributed by atoms with Gasteiger partial charge in [0.15, 0.2) is 17.9 Å². The van der Waals surface area contributed by atoms with Crippen LogP contribution < -0.4 is 0 Å². The molecule has 0 amide bonds. The van der Waals surface area contributed by atoms with Crippen LogP contribution in [0.1, 0.15) is 25.7 Å². The van der Waals surface area contributed by atoms with E-state index in [0.717, 1.165) is 4.68 Å². The molecular formula is C15H14BrClF2N2O2. The highest BCUT2D eigenvalue weighted by Gasteiger charge is 2.33. The van der Waals surface area contributed by atoms with Crippen LogP contribution in [-0.2, 0) is 9.47 Å². The van der Waals surface area contributed by atoms with E-state index in [9.17, 15) is 8.78 Å². The van der Waals surface area contributed by atoms with E-state index in [-0.39, 0.29) is 26.2 Å². The van der Waals surface area contributed by atoms with Gasteiger partial charge in [-0.05, 0) is 22.0 Å². The molecule has 2 aromatic rings. The van der Waals surface area contributed by atoms with Gasteiger partial charge in [-0.25, -0.2) is 13.5 Å². The molecule has 2 heterocycles. The number of hydrogen-bond donors (Lipinski definition) is 0. The molecule has 0 N–H and O–H groups in total. The first kappa shape index (κ1) is 16.8. The molecule has 1 aromatic carbocycles. The first-order valence-corrected chi connectivity index (χ1v) is 8.07. The minimum atomic E-state index is -0.898. The molecule has 124 valence electrons. The lowest BCUT2D eigenvalue weighted by Gasteiger charge is -2.35. The minimum absolute atomic E-state index is 0.0903. The second-order valence-corrected chi connectivity index (χ2v) is 7.44. The average Bonchev–Trinajstić information content (AvgIpc) is 2.90. The fraction of sp³-hybridized carbons (Fsp3) is 0.400. The second kappa shape index (κ2) is 6.12. The summed E-state index contributed by atoms with van der Waals surface area (Å²) in [6, 6.07) is 1.32. The van der Waals surface area contributed by atoms with E-state index < -0.39 is 17.9 Å². The van der Waals surface area contributed by atoms with Gasteiger partial charge in [-0.15, -0.1) is 0 Å². The number of halogens is 4. The lowest BCUT2D eigenvalue weighted by Crippen LogP contribution is -2.34. The Balaban J connectivity index is 2.04. The molecular weight excluding hydrogens is 394 g/mol. The highest BCUT2D eigenvalue weighted by Crippen LogP contribution is 2.36. The Morgan fingerprint density at radius 3 is 2.52 bits per heavy atom. The Labute approximate surface area is 145 Å². The molecule has 0 aliphatic carbocycles. The van der Waals surface area contributed by atoms with Crippen molar-refractivity contribution in [3.05, 3.63) is 45.2 Å². The molecule has 1 saturated heterocycles. The summed E-state index contributed by atoms with van der Waals surface area (Å²) in [6.07, 6.45) is 1.73. The largest absolute Gasteiger partial charge is 0.348 e. The van der Waals surface area contributed by atoms with Gasteiger partial charge in [-0.3, -0.25) is 0 Å². The Hall–Kier alpha value is -1.02. The monoisotopic (exact) mass is 406 g/mol. The molecule has 1 aliphatic heterocycles. The number of aromatic nitrogens is 2. The summed E-state index contributed by atoms with van der Waals surface area (Å²) in [7, 11) is 0. The molecule has 4 nitrogen and oxygen atoms in total. The highest BCUT2D eigenvalue weighted by atomic mass is 79.9. The van der Waals surface area contributed by atoms with E-state index >= 15 is 0 Å². The van der Waals surface area contributed by atoms with Crippen molar-refractivity contribution in [1.29, 1.82) is 0 Å². The predicted octanol–water partition coefficient (Wildman–Crippen LogP) is 4.64. The molecule has 8 heteroatoms. The van der Waals surface area contributed by atoms with Gasteiger partial charge in [-0.1, -0.05) is 25.4 Å². The zero-order valence-corrected chi connectivity index (χ0v) is 14.8. The zero-order valence-electron chi connectivity index (χ0n) is 12.4. The van der Waals surface area contributed by atoms with Gasteiger partial charge >= 0.3 is 0 Å². The standard InChI is InChI=1S/C15H14BrClF2N2O2/c1-15(2)6-22-14(23-7-15)9-3-10(16)12(19)13(11(9)18)21-5-8(17)4-20-21/h3-5,14H,6-7H2,1-2H3. The summed E-state index contributed by atoms with van der Waals surface area (Å²) in [4.78, 5) is 0. The molecule has 1 aliphatic rings. The van der Waals surface area contributed by atoms with Crippen LogP contribution in [0, 0.1) is 17.0 Å². The Kier molecular flexibility index (Phi) is 4.48. The lowest BCUT2D eigenvalue weighted by atomic mass is 9.95. The Bertz CT molecular complexity index is 741. The highest BCUT2D eigenvalue weighted by molar-refractivity contribution is 9.10. The Morgan fingerprint density at radius 1 is 1.30 bits per heavy atom. The van der Waals surface area contributed by atoms with Crippen LogP contribution in [0.25, 0.3) is 5.69 Å². The molecule has 23 heavy (non-hydrogen) atoms. The van der Waals surface area contributed by atoms with Crippen LogP contribution in [0.4, 0.5) is 8.78 Å². The van der Waals surface area contributed by atoms with Crippen molar-refractivity contribution in [1.82, 2.24) is 9.78 Å². The fourth-order valence-corrected chi connectivity index (χ4v) is 2.85. The topological polar surface area (TPSA) is 36.3 Å². The molecule has 0 atom stereocenters. The third-order valence-corrected chi connectivity index (χ3v) is 4.22. The van der Waals surface area contributed by atoms with Crippen molar-refractivity contribution < 1.29 is 18.3 Å². The molecule has 0 radical (unpaired) electrons. The molecule has 0 bridgehead atoms. The van der Waals surface area contributed by atoms with Crippen LogP contribution in [0.2, 0.25) is 5.02 Å². The molecule has 0 spiro atoms. The zero-order chi connectivity index (χ0) is 16.8. The third-order valence-electron chi connectivity index (χ3n) is 3.45. The summed E-state index contributed by atoms with van der Waals surface area (Å²) in [5.41, 5.74) is -0.378. The molecule has 0 saturated carbocycles. The smallest absolute Gasteiger partial charge is 0.186 e. The fourth-order valence-electron chi connectivity index (χ4n) is 2.28. The van der Waals surface area contributed by atoms with Crippen LogP contribution >= 0.6 is 27.5 Å². The first-order chi connectivity index (χ1) is 10.8. The number of hydrogen-bond acceptors (Lipinski definition) is 3. The summed E-state index contributed by atoms with van der Waals surface area (Å²) in [5, 5.41) is 4.14. The molecule has 1 aromatic heterocycles. The van der Waals surface area contributed by atoms with Gasteiger partial charge in [0, 0.05) is 17.2 Å². The van der Waals surface area contributed by atoms with Crippen molar-refractivity contribution in [2.75, 3.05) is 13.2 Å². The van der Waals surface area contributed by atoms with Gasteiger partial charge in [0.05, 0.1) is 28.9 Å². The van der Waals surface area contributed by atoms with Crippen LogP contribution in [0.5, 0.6) is 0 Å². The SMILES string of the molecule is CC1(C)COC(c2cc(Br)c(F)c(-n3cc(Cl)cn3)c2F)OC1. The quantitative estimate of drug-likeness (QED) is 0.681. The van der Waals surface area contributed by atoms with Crippen molar-refractivity contribution in [2.24, 2.45) is 5.41 Å². The lowest BCUT2D eigenvalue weighted by molar-refractivity contribution is -0.227. The maximum Gasteiger partial charge on any atom is 0.186 e. The van der Waals surface area contributed by atoms with Gasteiger partial charge in [0.1, 0.15) is 5.69 Å². The van der Waals surface area contributed by atoms with Crippen molar-refractivity contribution in [2.45, 2.75) is 20.1 Å². The first-order valence-electron chi connectivity index (χ1n) is 6.90. The van der Waals surface area contributed by atoms with E-state index in [1.54, 1.807) is 0 Å². The van der Waals surface area contributed by atoms with Gasteiger partial charge in [0.2, 0.25) is 0 Å². The average molecular weight is 408 g/mol. The van der Waals surface area contributed by atoms with Crippen molar-refractivity contribution >= 4 is 27.5 Å². The Morgan fingerprint density at radius 2 is 1.96 bits per heavy atom. The van der Waals surface area contributed by atoms with Crippen molar-refractivity contribution in [3.63, 3.8) is 0 Å². The van der Waals surface area contributed by atoms with Crippen molar-refractivity contribution in [3.8, 4) is 5.69 Å².